The van der Waals surface area contributed by atoms with E-state index in [9.17, 15) is 8.78 Å². The maximum absolute atomic E-state index is 14.3. The van der Waals surface area contributed by atoms with Crippen LogP contribution in [0.2, 0.25) is 0 Å². The van der Waals surface area contributed by atoms with Crippen molar-refractivity contribution in [3.8, 4) is 5.75 Å². The Hall–Kier alpha value is -1.40. The fourth-order valence-electron chi connectivity index (χ4n) is 3.97. The van der Waals surface area contributed by atoms with E-state index in [1.807, 2.05) is 0 Å². The molecule has 0 amide bonds. The van der Waals surface area contributed by atoms with E-state index in [0.29, 0.717) is 12.1 Å². The summed E-state index contributed by atoms with van der Waals surface area (Å²) in [6.07, 6.45) is 2.71. The molecular weight excluding hydrogens is 314 g/mol. The van der Waals surface area contributed by atoms with Crippen molar-refractivity contribution in [3.63, 3.8) is 0 Å². The number of fused-ring (bicyclic) bond motifs is 1. The van der Waals surface area contributed by atoms with Gasteiger partial charge in [0.1, 0.15) is 6.61 Å². The molecule has 1 aromatic carbocycles. The number of piperazine rings is 1. The third kappa shape index (κ3) is 3.64. The Morgan fingerprint density at radius 3 is 2.83 bits per heavy atom. The van der Waals surface area contributed by atoms with Crippen LogP contribution in [-0.4, -0.2) is 42.2 Å². The van der Waals surface area contributed by atoms with Crippen LogP contribution in [0, 0.1) is 5.82 Å². The van der Waals surface area contributed by atoms with Gasteiger partial charge in [0.05, 0.1) is 0 Å². The number of rotatable bonds is 4. The number of alkyl halides is 1. The molecule has 1 heterocycles. The number of aliphatic hydroxyl groups is 1. The second-order valence-electron chi connectivity index (χ2n) is 7.44. The molecule has 24 heavy (non-hydrogen) atoms. The lowest BCUT2D eigenvalue weighted by atomic mass is 9.83. The first-order valence-electron chi connectivity index (χ1n) is 8.65. The molecule has 3 atom stereocenters. The van der Waals surface area contributed by atoms with Gasteiger partial charge in [-0.3, -0.25) is 0 Å². The summed E-state index contributed by atoms with van der Waals surface area (Å²) < 4.78 is 32.2. The minimum atomic E-state index is -1.91. The SMILES string of the molecule is CC1(C)CN(c2ccc(OC(F)CO)c(F)c2)[C@H]2CCCC[C@H]2N1. The van der Waals surface area contributed by atoms with E-state index in [-0.39, 0.29) is 11.3 Å². The first-order chi connectivity index (χ1) is 11.4. The number of nitrogens with zero attached hydrogens (tertiary/aromatic N) is 1. The van der Waals surface area contributed by atoms with E-state index < -0.39 is 18.8 Å². The third-order valence-corrected chi connectivity index (χ3v) is 4.92. The number of nitrogens with one attached hydrogen (secondary N) is 1. The Morgan fingerprint density at radius 1 is 1.38 bits per heavy atom. The molecule has 1 unspecified atom stereocenters. The van der Waals surface area contributed by atoms with Gasteiger partial charge >= 0.3 is 0 Å². The molecule has 0 spiro atoms. The zero-order valence-corrected chi connectivity index (χ0v) is 14.3. The van der Waals surface area contributed by atoms with E-state index in [1.165, 1.54) is 25.0 Å². The molecule has 1 saturated carbocycles. The van der Waals surface area contributed by atoms with Crippen LogP contribution in [0.4, 0.5) is 14.5 Å². The molecule has 0 radical (unpaired) electrons. The molecule has 134 valence electrons. The second-order valence-corrected chi connectivity index (χ2v) is 7.44. The van der Waals surface area contributed by atoms with E-state index in [4.69, 9.17) is 9.84 Å². The van der Waals surface area contributed by atoms with Crippen molar-refractivity contribution in [2.24, 2.45) is 0 Å². The average Bonchev–Trinajstić information content (AvgIpc) is 2.55. The van der Waals surface area contributed by atoms with Crippen molar-refractivity contribution in [1.29, 1.82) is 0 Å². The Kier molecular flexibility index (Phi) is 4.97. The Labute approximate surface area is 141 Å². The first kappa shape index (κ1) is 17.4. The van der Waals surface area contributed by atoms with Crippen LogP contribution in [0.5, 0.6) is 5.75 Å². The third-order valence-electron chi connectivity index (χ3n) is 4.92. The summed E-state index contributed by atoms with van der Waals surface area (Å²) in [6.45, 7) is 4.31. The van der Waals surface area contributed by atoms with Crippen LogP contribution in [0.1, 0.15) is 39.5 Å². The predicted molar refractivity (Wildman–Crippen MR) is 89.6 cm³/mol. The van der Waals surface area contributed by atoms with Crippen LogP contribution in [0.15, 0.2) is 18.2 Å². The molecular formula is C18H26F2N2O2. The van der Waals surface area contributed by atoms with Crippen molar-refractivity contribution in [2.45, 2.75) is 63.5 Å². The summed E-state index contributed by atoms with van der Waals surface area (Å²) >= 11 is 0. The lowest BCUT2D eigenvalue weighted by Gasteiger charge is -2.52. The predicted octanol–water partition coefficient (Wildman–Crippen LogP) is 2.99. The molecule has 1 saturated heterocycles. The summed E-state index contributed by atoms with van der Waals surface area (Å²) in [7, 11) is 0. The number of anilines is 1. The number of benzene rings is 1. The molecule has 1 aliphatic heterocycles. The highest BCUT2D eigenvalue weighted by Gasteiger charge is 2.40. The van der Waals surface area contributed by atoms with Gasteiger partial charge in [0.25, 0.3) is 6.36 Å². The monoisotopic (exact) mass is 340 g/mol. The van der Waals surface area contributed by atoms with Crippen LogP contribution in [0.3, 0.4) is 0 Å². The fraction of sp³-hybridized carbons (Fsp3) is 0.667. The van der Waals surface area contributed by atoms with E-state index in [2.05, 4.69) is 24.1 Å². The molecule has 3 rings (SSSR count). The van der Waals surface area contributed by atoms with Crippen molar-refractivity contribution in [2.75, 3.05) is 18.1 Å². The van der Waals surface area contributed by atoms with Gasteiger partial charge < -0.3 is 20.1 Å². The van der Waals surface area contributed by atoms with Gasteiger partial charge in [-0.2, -0.15) is 4.39 Å². The first-order valence-corrected chi connectivity index (χ1v) is 8.65. The minimum Gasteiger partial charge on any atom is -0.455 e. The van der Waals surface area contributed by atoms with Gasteiger partial charge in [0.15, 0.2) is 11.6 Å². The van der Waals surface area contributed by atoms with E-state index >= 15 is 0 Å². The Bertz CT molecular complexity index is 582. The number of hydrogen-bond acceptors (Lipinski definition) is 4. The quantitative estimate of drug-likeness (QED) is 0.884. The van der Waals surface area contributed by atoms with E-state index in [0.717, 1.165) is 25.1 Å². The van der Waals surface area contributed by atoms with Crippen LogP contribution in [-0.2, 0) is 0 Å². The van der Waals surface area contributed by atoms with Crippen molar-refractivity contribution in [1.82, 2.24) is 5.32 Å². The largest absolute Gasteiger partial charge is 0.455 e. The van der Waals surface area contributed by atoms with Gasteiger partial charge in [-0.15, -0.1) is 0 Å². The molecule has 2 fully saturated rings. The van der Waals surface area contributed by atoms with Crippen LogP contribution < -0.4 is 15.0 Å². The highest BCUT2D eigenvalue weighted by molar-refractivity contribution is 5.52. The highest BCUT2D eigenvalue weighted by atomic mass is 19.1. The summed E-state index contributed by atoms with van der Waals surface area (Å²) in [5, 5.41) is 12.4. The second kappa shape index (κ2) is 6.84. The Morgan fingerprint density at radius 2 is 2.12 bits per heavy atom. The standard InChI is InChI=1S/C18H26F2N2O2/c1-18(2)11-22(15-6-4-3-5-14(15)21-18)12-7-8-16(13(19)9-12)24-17(20)10-23/h7-9,14-15,17,21,23H,3-6,10-11H2,1-2H3/t14-,15+,17?/m1/s1. The fourth-order valence-corrected chi connectivity index (χ4v) is 3.97. The van der Waals surface area contributed by atoms with Crippen LogP contribution >= 0.6 is 0 Å². The molecule has 1 aromatic rings. The summed E-state index contributed by atoms with van der Waals surface area (Å²) in [6, 6.07) is 5.39. The summed E-state index contributed by atoms with van der Waals surface area (Å²) in [5.74, 6) is -0.776. The normalized spacial score (nSPS) is 27.5. The van der Waals surface area contributed by atoms with Crippen LogP contribution in [0.25, 0.3) is 0 Å². The topological polar surface area (TPSA) is 44.7 Å². The zero-order chi connectivity index (χ0) is 17.3. The zero-order valence-electron chi connectivity index (χ0n) is 14.3. The number of aliphatic hydroxyl groups excluding tert-OH is 1. The molecule has 2 aliphatic rings. The van der Waals surface area contributed by atoms with Crippen molar-refractivity contribution >= 4 is 5.69 Å². The lowest BCUT2D eigenvalue weighted by molar-refractivity contribution is 0.0109. The average molecular weight is 340 g/mol. The molecule has 1 aliphatic carbocycles. The summed E-state index contributed by atoms with van der Waals surface area (Å²) in [5.41, 5.74) is 0.746. The maximum Gasteiger partial charge on any atom is 0.261 e. The van der Waals surface area contributed by atoms with Gasteiger partial charge in [-0.1, -0.05) is 12.8 Å². The van der Waals surface area contributed by atoms with Crippen molar-refractivity contribution < 1.29 is 18.6 Å². The molecule has 2 N–H and O–H groups in total. The molecule has 0 aromatic heterocycles. The van der Waals surface area contributed by atoms with Gasteiger partial charge in [-0.25, -0.2) is 4.39 Å². The maximum atomic E-state index is 14.3. The Balaban J connectivity index is 1.84. The highest BCUT2D eigenvalue weighted by Crippen LogP contribution is 2.35. The van der Waals surface area contributed by atoms with Gasteiger partial charge in [0, 0.05) is 35.9 Å². The number of ether oxygens (including phenoxy) is 1. The number of hydrogen-bond donors (Lipinski definition) is 2. The molecule has 6 heteroatoms. The van der Waals surface area contributed by atoms with Gasteiger partial charge in [0.2, 0.25) is 0 Å². The van der Waals surface area contributed by atoms with E-state index in [1.54, 1.807) is 6.07 Å². The van der Waals surface area contributed by atoms with Gasteiger partial charge in [-0.05, 0) is 38.8 Å². The van der Waals surface area contributed by atoms with Crippen molar-refractivity contribution in [3.05, 3.63) is 24.0 Å². The lowest BCUT2D eigenvalue weighted by Crippen LogP contribution is -2.67. The molecule has 4 nitrogen and oxygen atoms in total. The smallest absolute Gasteiger partial charge is 0.261 e. The molecule has 0 bridgehead atoms. The minimum absolute atomic E-state index is 0.0505. The summed E-state index contributed by atoms with van der Waals surface area (Å²) in [4.78, 5) is 2.27. The number of halogens is 2.